The predicted octanol–water partition coefficient (Wildman–Crippen LogP) is 3.13. The van der Waals surface area contributed by atoms with E-state index < -0.39 is 0 Å². The Kier molecular flexibility index (Phi) is 5.08. The molecule has 1 amide bonds. The van der Waals surface area contributed by atoms with Gasteiger partial charge in [0.15, 0.2) is 5.76 Å². The molecule has 0 radical (unpaired) electrons. The van der Waals surface area contributed by atoms with Gasteiger partial charge in [-0.25, -0.2) is 5.43 Å². The summed E-state index contributed by atoms with van der Waals surface area (Å²) >= 11 is 3.36. The molecule has 0 bridgehead atoms. The summed E-state index contributed by atoms with van der Waals surface area (Å²) in [6, 6.07) is 16.7. The quantitative estimate of drug-likeness (QED) is 0.574. The first-order chi connectivity index (χ1) is 10.2. The summed E-state index contributed by atoms with van der Waals surface area (Å²) in [4.78, 5) is 11.9. The highest BCUT2D eigenvalue weighted by atomic mass is 79.9. The lowest BCUT2D eigenvalue weighted by Crippen LogP contribution is -2.16. The lowest BCUT2D eigenvalue weighted by atomic mass is 10.2. The number of amides is 1. The molecule has 3 rings (SSSR count). The van der Waals surface area contributed by atoms with Gasteiger partial charge in [0.1, 0.15) is 5.58 Å². The van der Waals surface area contributed by atoms with E-state index in [-0.39, 0.29) is 17.1 Å². The number of nitrogens with zero attached hydrogens (tertiary/aromatic N) is 1. The van der Waals surface area contributed by atoms with Crippen LogP contribution in [0.3, 0.4) is 0 Å². The molecule has 22 heavy (non-hydrogen) atoms. The molecular formula is C16H13BrN2O3. The van der Waals surface area contributed by atoms with E-state index in [2.05, 4.69) is 26.5 Å². The molecule has 0 spiro atoms. The molecule has 6 heteroatoms. The lowest BCUT2D eigenvalue weighted by Gasteiger charge is -1.96. The van der Waals surface area contributed by atoms with Crippen molar-refractivity contribution in [2.75, 3.05) is 0 Å². The van der Waals surface area contributed by atoms with E-state index in [9.17, 15) is 4.79 Å². The molecular weight excluding hydrogens is 348 g/mol. The van der Waals surface area contributed by atoms with Crippen LogP contribution in [0.5, 0.6) is 0 Å². The van der Waals surface area contributed by atoms with Gasteiger partial charge >= 0.3 is 5.91 Å². The third-order valence-corrected chi connectivity index (χ3v) is 3.43. The molecule has 0 aliphatic carbocycles. The van der Waals surface area contributed by atoms with Gasteiger partial charge in [0.25, 0.3) is 0 Å². The first-order valence-electron chi connectivity index (χ1n) is 6.30. The first kappa shape index (κ1) is 15.9. The van der Waals surface area contributed by atoms with Crippen molar-refractivity contribution in [2.24, 2.45) is 5.10 Å². The molecule has 1 aromatic heterocycles. The minimum Gasteiger partial charge on any atom is -0.451 e. The zero-order valence-corrected chi connectivity index (χ0v) is 13.0. The van der Waals surface area contributed by atoms with Crippen molar-refractivity contribution in [3.05, 3.63) is 70.4 Å². The van der Waals surface area contributed by atoms with Gasteiger partial charge in [-0.2, -0.15) is 5.10 Å². The van der Waals surface area contributed by atoms with E-state index in [4.69, 9.17) is 4.42 Å². The maximum Gasteiger partial charge on any atom is 0.307 e. The van der Waals surface area contributed by atoms with E-state index in [0.29, 0.717) is 5.58 Å². The third-order valence-electron chi connectivity index (χ3n) is 2.90. The maximum atomic E-state index is 11.9. The second-order valence-electron chi connectivity index (χ2n) is 4.40. The van der Waals surface area contributed by atoms with Gasteiger partial charge in [-0.15, -0.1) is 0 Å². The summed E-state index contributed by atoms with van der Waals surface area (Å²) in [5.74, 6) is -0.135. The molecule has 0 fully saturated rings. The Hall–Kier alpha value is -2.44. The van der Waals surface area contributed by atoms with Gasteiger partial charge in [0.05, 0.1) is 6.21 Å². The number of rotatable bonds is 3. The Morgan fingerprint density at radius 3 is 2.59 bits per heavy atom. The highest BCUT2D eigenvalue weighted by Crippen LogP contribution is 2.18. The van der Waals surface area contributed by atoms with Crippen molar-refractivity contribution in [1.82, 2.24) is 5.43 Å². The number of fused-ring (bicyclic) bond motifs is 1. The SMILES string of the molecule is O.O=C(N/N=C/c1ccc(Br)cc1)c1cc2ccccc2o1. The topological polar surface area (TPSA) is 86.1 Å². The number of hydrogen-bond acceptors (Lipinski definition) is 3. The summed E-state index contributed by atoms with van der Waals surface area (Å²) in [5, 5.41) is 4.81. The van der Waals surface area contributed by atoms with Gasteiger partial charge in [-0.05, 0) is 29.8 Å². The van der Waals surface area contributed by atoms with E-state index in [1.165, 1.54) is 0 Å². The van der Waals surface area contributed by atoms with Crippen LogP contribution in [-0.4, -0.2) is 17.6 Å². The number of para-hydroxylation sites is 1. The normalized spacial score (nSPS) is 10.6. The third kappa shape index (κ3) is 3.60. The van der Waals surface area contributed by atoms with Crippen molar-refractivity contribution in [3.63, 3.8) is 0 Å². The molecule has 1 heterocycles. The van der Waals surface area contributed by atoms with Crippen molar-refractivity contribution < 1.29 is 14.7 Å². The fraction of sp³-hybridized carbons (Fsp3) is 0. The smallest absolute Gasteiger partial charge is 0.307 e. The summed E-state index contributed by atoms with van der Waals surface area (Å²) in [7, 11) is 0. The molecule has 112 valence electrons. The molecule has 3 aromatic rings. The van der Waals surface area contributed by atoms with Gasteiger partial charge in [-0.3, -0.25) is 4.79 Å². The van der Waals surface area contributed by atoms with Gasteiger partial charge in [0, 0.05) is 9.86 Å². The van der Waals surface area contributed by atoms with Crippen LogP contribution in [0.25, 0.3) is 11.0 Å². The standard InChI is InChI=1S/C16H11BrN2O2.H2O/c17-13-7-5-11(6-8-13)10-18-19-16(20)15-9-12-3-1-2-4-14(12)21-15;/h1-10H,(H,19,20);1H2/b18-10+;. The fourth-order valence-electron chi connectivity index (χ4n) is 1.86. The van der Waals surface area contributed by atoms with E-state index >= 15 is 0 Å². The highest BCUT2D eigenvalue weighted by Gasteiger charge is 2.10. The van der Waals surface area contributed by atoms with Crippen LogP contribution in [0.4, 0.5) is 0 Å². The highest BCUT2D eigenvalue weighted by molar-refractivity contribution is 9.10. The van der Waals surface area contributed by atoms with Crippen LogP contribution in [0.1, 0.15) is 16.1 Å². The van der Waals surface area contributed by atoms with Crippen LogP contribution in [0, 0.1) is 0 Å². The Balaban J connectivity index is 0.00000176. The first-order valence-corrected chi connectivity index (χ1v) is 7.09. The zero-order valence-electron chi connectivity index (χ0n) is 11.4. The number of hydrazone groups is 1. The molecule has 3 N–H and O–H groups in total. The van der Waals surface area contributed by atoms with Crippen LogP contribution >= 0.6 is 15.9 Å². The van der Waals surface area contributed by atoms with Crippen LogP contribution < -0.4 is 5.43 Å². The molecule has 0 aliphatic heterocycles. The molecule has 2 aromatic carbocycles. The Bertz CT molecular complexity index is 777. The number of carbonyl (C=O) groups is 1. The fourth-order valence-corrected chi connectivity index (χ4v) is 2.13. The number of benzene rings is 2. The maximum absolute atomic E-state index is 11.9. The second kappa shape index (κ2) is 7.02. The average molecular weight is 361 g/mol. The summed E-state index contributed by atoms with van der Waals surface area (Å²) in [5.41, 5.74) is 4.02. The molecule has 0 atom stereocenters. The second-order valence-corrected chi connectivity index (χ2v) is 5.31. The minimum absolute atomic E-state index is 0. The number of carbonyl (C=O) groups excluding carboxylic acids is 1. The summed E-state index contributed by atoms with van der Waals surface area (Å²) in [6.07, 6.45) is 1.58. The van der Waals surface area contributed by atoms with E-state index in [0.717, 1.165) is 15.4 Å². The Morgan fingerprint density at radius 2 is 1.86 bits per heavy atom. The molecule has 0 unspecified atom stereocenters. The number of furan rings is 1. The van der Waals surface area contributed by atoms with E-state index in [1.807, 2.05) is 48.5 Å². The van der Waals surface area contributed by atoms with Gasteiger partial charge in [-0.1, -0.05) is 46.3 Å². The van der Waals surface area contributed by atoms with Crippen molar-refractivity contribution in [3.8, 4) is 0 Å². The Labute approximate surface area is 135 Å². The Morgan fingerprint density at radius 1 is 1.14 bits per heavy atom. The summed E-state index contributed by atoms with van der Waals surface area (Å²) in [6.45, 7) is 0. The van der Waals surface area contributed by atoms with Crippen LogP contribution in [-0.2, 0) is 0 Å². The minimum atomic E-state index is -0.375. The number of nitrogens with one attached hydrogen (secondary N) is 1. The largest absolute Gasteiger partial charge is 0.451 e. The predicted molar refractivity (Wildman–Crippen MR) is 89.0 cm³/mol. The summed E-state index contributed by atoms with van der Waals surface area (Å²) < 4.78 is 6.45. The number of hydrogen-bond donors (Lipinski definition) is 1. The molecule has 0 aliphatic rings. The molecule has 5 nitrogen and oxygen atoms in total. The average Bonchev–Trinajstić information content (AvgIpc) is 2.93. The van der Waals surface area contributed by atoms with E-state index in [1.54, 1.807) is 12.3 Å². The monoisotopic (exact) mass is 360 g/mol. The van der Waals surface area contributed by atoms with Crippen molar-refractivity contribution in [1.29, 1.82) is 0 Å². The molecule has 0 saturated heterocycles. The number of halogens is 1. The molecule has 0 saturated carbocycles. The van der Waals surface area contributed by atoms with Crippen molar-refractivity contribution in [2.45, 2.75) is 0 Å². The zero-order chi connectivity index (χ0) is 14.7. The van der Waals surface area contributed by atoms with Crippen LogP contribution in [0.2, 0.25) is 0 Å². The van der Waals surface area contributed by atoms with Gasteiger partial charge < -0.3 is 9.89 Å². The lowest BCUT2D eigenvalue weighted by molar-refractivity contribution is 0.0929. The van der Waals surface area contributed by atoms with Crippen molar-refractivity contribution >= 4 is 39.0 Å². The van der Waals surface area contributed by atoms with Gasteiger partial charge in [0.2, 0.25) is 0 Å². The van der Waals surface area contributed by atoms with Crippen LogP contribution in [0.15, 0.2) is 68.6 Å².